The molecule has 154 valence electrons. The average Bonchev–Trinajstić information content (AvgIpc) is 2.76. The number of hydrogen-bond acceptors (Lipinski definition) is 5. The van der Waals surface area contributed by atoms with Crippen molar-refractivity contribution in [2.24, 2.45) is 0 Å². The Morgan fingerprint density at radius 2 is 1.76 bits per heavy atom. The molecule has 0 unspecified atom stereocenters. The first-order valence-corrected chi connectivity index (χ1v) is 10.1. The fraction of sp³-hybridized carbons (Fsp3) is 0.391. The van der Waals surface area contributed by atoms with Crippen molar-refractivity contribution in [3.05, 3.63) is 65.2 Å². The Balaban J connectivity index is 1.49. The molecule has 0 spiro atoms. The second kappa shape index (κ2) is 10.6. The number of ether oxygens (including phenoxy) is 2. The minimum absolute atomic E-state index is 0.0282. The first-order valence-electron chi connectivity index (χ1n) is 10.1. The standard InChI is InChI=1S/C23H29N3O3/c1-3-13-25(16-17-29-20-11-9-19(28-2)10-12-20)14-6-15-26-18-24-22-8-5-4-7-21(22)23(26)27/h4-5,7-12,18H,3,6,13-17H2,1-2H3. The molecule has 6 heteroatoms. The molecule has 0 aliphatic carbocycles. The van der Waals surface area contributed by atoms with Crippen molar-refractivity contribution in [2.45, 2.75) is 26.3 Å². The van der Waals surface area contributed by atoms with Crippen LogP contribution in [0.25, 0.3) is 10.9 Å². The summed E-state index contributed by atoms with van der Waals surface area (Å²) in [7, 11) is 1.65. The average molecular weight is 396 g/mol. The Hall–Kier alpha value is -2.86. The predicted molar refractivity (Wildman–Crippen MR) is 116 cm³/mol. The van der Waals surface area contributed by atoms with E-state index in [1.54, 1.807) is 18.0 Å². The van der Waals surface area contributed by atoms with E-state index in [1.165, 1.54) is 0 Å². The maximum atomic E-state index is 12.6. The van der Waals surface area contributed by atoms with Gasteiger partial charge in [0.25, 0.3) is 5.56 Å². The maximum absolute atomic E-state index is 12.6. The summed E-state index contributed by atoms with van der Waals surface area (Å²) in [6.07, 6.45) is 3.63. The highest BCUT2D eigenvalue weighted by Gasteiger charge is 2.07. The largest absolute Gasteiger partial charge is 0.497 e. The second-order valence-corrected chi connectivity index (χ2v) is 6.98. The second-order valence-electron chi connectivity index (χ2n) is 6.98. The zero-order chi connectivity index (χ0) is 20.5. The highest BCUT2D eigenvalue weighted by Crippen LogP contribution is 2.16. The molecule has 0 aliphatic heterocycles. The van der Waals surface area contributed by atoms with Crippen LogP contribution in [0.4, 0.5) is 0 Å². The number of aryl methyl sites for hydroxylation is 1. The molecule has 1 heterocycles. The van der Waals surface area contributed by atoms with Gasteiger partial charge in [0.05, 0.1) is 24.3 Å². The Kier molecular flexibility index (Phi) is 7.64. The van der Waals surface area contributed by atoms with Crippen molar-refractivity contribution in [3.8, 4) is 11.5 Å². The summed E-state index contributed by atoms with van der Waals surface area (Å²) in [5.41, 5.74) is 0.775. The number of hydrogen-bond donors (Lipinski definition) is 0. The number of fused-ring (bicyclic) bond motifs is 1. The molecule has 6 nitrogen and oxygen atoms in total. The number of benzene rings is 2. The topological polar surface area (TPSA) is 56.6 Å². The molecule has 0 saturated carbocycles. The van der Waals surface area contributed by atoms with E-state index >= 15 is 0 Å². The molecule has 0 atom stereocenters. The van der Waals surface area contributed by atoms with Crippen LogP contribution in [0.15, 0.2) is 59.7 Å². The molecular formula is C23H29N3O3. The van der Waals surface area contributed by atoms with E-state index in [9.17, 15) is 4.79 Å². The first kappa shape index (κ1) is 20.9. The van der Waals surface area contributed by atoms with Crippen LogP contribution in [-0.2, 0) is 6.54 Å². The van der Waals surface area contributed by atoms with Gasteiger partial charge in [0.1, 0.15) is 18.1 Å². The van der Waals surface area contributed by atoms with Crippen LogP contribution in [0.3, 0.4) is 0 Å². The lowest BCUT2D eigenvalue weighted by atomic mass is 10.2. The summed E-state index contributed by atoms with van der Waals surface area (Å²) in [6, 6.07) is 15.1. The summed E-state index contributed by atoms with van der Waals surface area (Å²) >= 11 is 0. The molecule has 1 aromatic heterocycles. The quantitative estimate of drug-likeness (QED) is 0.497. The summed E-state index contributed by atoms with van der Waals surface area (Å²) in [6.45, 7) is 6.25. The first-order chi connectivity index (χ1) is 14.2. The number of para-hydroxylation sites is 1. The van der Waals surface area contributed by atoms with E-state index in [4.69, 9.17) is 9.47 Å². The van der Waals surface area contributed by atoms with Gasteiger partial charge in [-0.15, -0.1) is 0 Å². The molecule has 3 rings (SSSR count). The van der Waals surface area contributed by atoms with Gasteiger partial charge < -0.3 is 9.47 Å². The van der Waals surface area contributed by atoms with Gasteiger partial charge in [-0.1, -0.05) is 19.1 Å². The van der Waals surface area contributed by atoms with Crippen LogP contribution in [0.2, 0.25) is 0 Å². The van der Waals surface area contributed by atoms with Crippen LogP contribution >= 0.6 is 0 Å². The maximum Gasteiger partial charge on any atom is 0.261 e. The minimum atomic E-state index is 0.0282. The van der Waals surface area contributed by atoms with Crippen molar-refractivity contribution in [3.63, 3.8) is 0 Å². The molecule has 0 bridgehead atoms. The summed E-state index contributed by atoms with van der Waals surface area (Å²) in [5, 5.41) is 0.674. The van der Waals surface area contributed by atoms with Crippen LogP contribution in [0.1, 0.15) is 19.8 Å². The summed E-state index contributed by atoms with van der Waals surface area (Å²) < 4.78 is 12.7. The van der Waals surface area contributed by atoms with Crippen molar-refractivity contribution in [1.29, 1.82) is 0 Å². The fourth-order valence-electron chi connectivity index (χ4n) is 3.35. The number of methoxy groups -OCH3 is 1. The smallest absolute Gasteiger partial charge is 0.261 e. The number of aromatic nitrogens is 2. The van der Waals surface area contributed by atoms with Gasteiger partial charge in [-0.2, -0.15) is 0 Å². The van der Waals surface area contributed by atoms with E-state index in [0.717, 1.165) is 49.5 Å². The highest BCUT2D eigenvalue weighted by atomic mass is 16.5. The lowest BCUT2D eigenvalue weighted by molar-refractivity contribution is 0.204. The number of nitrogens with zero attached hydrogens (tertiary/aromatic N) is 3. The van der Waals surface area contributed by atoms with Gasteiger partial charge in [0.2, 0.25) is 0 Å². The molecule has 0 amide bonds. The van der Waals surface area contributed by atoms with Crippen LogP contribution < -0.4 is 15.0 Å². The predicted octanol–water partition coefficient (Wildman–Crippen LogP) is 3.59. The van der Waals surface area contributed by atoms with Crippen molar-refractivity contribution >= 4 is 10.9 Å². The summed E-state index contributed by atoms with van der Waals surface area (Å²) in [4.78, 5) is 19.4. The fourth-order valence-corrected chi connectivity index (χ4v) is 3.35. The molecule has 3 aromatic rings. The molecule has 29 heavy (non-hydrogen) atoms. The molecule has 0 saturated heterocycles. The zero-order valence-electron chi connectivity index (χ0n) is 17.2. The van der Waals surface area contributed by atoms with Gasteiger partial charge in [0.15, 0.2) is 0 Å². The third-order valence-electron chi connectivity index (χ3n) is 4.88. The Labute approximate surface area is 171 Å². The number of rotatable bonds is 11. The molecule has 0 radical (unpaired) electrons. The Bertz CT molecular complexity index is 953. The van der Waals surface area contributed by atoms with Gasteiger partial charge >= 0.3 is 0 Å². The normalized spacial score (nSPS) is 11.1. The van der Waals surface area contributed by atoms with Gasteiger partial charge in [0, 0.05) is 13.1 Å². The van der Waals surface area contributed by atoms with E-state index in [1.807, 2.05) is 48.5 Å². The molecule has 0 N–H and O–H groups in total. The molecule has 2 aromatic carbocycles. The molecule has 0 aliphatic rings. The van der Waals surface area contributed by atoms with Crippen molar-refractivity contribution < 1.29 is 9.47 Å². The third kappa shape index (κ3) is 5.81. The van der Waals surface area contributed by atoms with Crippen LogP contribution in [0, 0.1) is 0 Å². The monoisotopic (exact) mass is 395 g/mol. The van der Waals surface area contributed by atoms with Crippen molar-refractivity contribution in [2.75, 3.05) is 33.4 Å². The van der Waals surface area contributed by atoms with Crippen LogP contribution in [-0.4, -0.2) is 47.8 Å². The zero-order valence-corrected chi connectivity index (χ0v) is 17.2. The molecular weight excluding hydrogens is 366 g/mol. The van der Waals surface area contributed by atoms with E-state index in [-0.39, 0.29) is 5.56 Å². The molecule has 0 fully saturated rings. The Morgan fingerprint density at radius 1 is 1.00 bits per heavy atom. The van der Waals surface area contributed by atoms with Gasteiger partial charge in [-0.05, 0) is 62.3 Å². The van der Waals surface area contributed by atoms with Crippen LogP contribution in [0.5, 0.6) is 11.5 Å². The van der Waals surface area contributed by atoms with Gasteiger partial charge in [-0.25, -0.2) is 4.98 Å². The van der Waals surface area contributed by atoms with E-state index < -0.39 is 0 Å². The highest BCUT2D eigenvalue weighted by molar-refractivity contribution is 5.76. The SMILES string of the molecule is CCCN(CCCn1cnc2ccccc2c1=O)CCOc1ccc(OC)cc1. The Morgan fingerprint density at radius 3 is 2.52 bits per heavy atom. The minimum Gasteiger partial charge on any atom is -0.497 e. The summed E-state index contributed by atoms with van der Waals surface area (Å²) in [5.74, 6) is 1.67. The van der Waals surface area contributed by atoms with Crippen molar-refractivity contribution in [1.82, 2.24) is 14.5 Å². The van der Waals surface area contributed by atoms with E-state index in [0.29, 0.717) is 18.5 Å². The van der Waals surface area contributed by atoms with E-state index in [2.05, 4.69) is 16.8 Å². The van der Waals surface area contributed by atoms with Gasteiger partial charge in [-0.3, -0.25) is 14.3 Å². The third-order valence-corrected chi connectivity index (χ3v) is 4.88. The lowest BCUT2D eigenvalue weighted by Gasteiger charge is -2.22. The lowest BCUT2D eigenvalue weighted by Crippen LogP contribution is -2.31.